The van der Waals surface area contributed by atoms with Crippen LogP contribution in [-0.2, 0) is 12.8 Å². The Balaban J connectivity index is 1.57. The van der Waals surface area contributed by atoms with Gasteiger partial charge in [-0.05, 0) is 63.7 Å². The van der Waals surface area contributed by atoms with Crippen LogP contribution in [-0.4, -0.2) is 8.07 Å². The molecule has 3 aliphatic rings. The average molecular weight is 329 g/mol. The Labute approximate surface area is 145 Å². The molecule has 0 amide bonds. The largest absolute Gasteiger partial charge is 0.0791 e. The molecule has 5 rings (SSSR count). The van der Waals surface area contributed by atoms with Gasteiger partial charge in [0.05, 0.1) is 8.07 Å². The zero-order valence-electron chi connectivity index (χ0n) is 14.5. The van der Waals surface area contributed by atoms with Gasteiger partial charge in [-0.15, -0.1) is 0 Å². The minimum atomic E-state index is -1.55. The molecule has 2 aromatic rings. The predicted molar refractivity (Wildman–Crippen MR) is 106 cm³/mol. The molecule has 24 heavy (non-hydrogen) atoms. The standard InChI is InChI=1S/C23H24Si/c1-24(2,22-12-10-16-6-3-4-9-20(16)22)23-13-11-19-14-17-7-5-8-18(17)15-21(19)23/h3-4,6,9-15,22-23H,5,7-8H2,1-2H3. The van der Waals surface area contributed by atoms with E-state index >= 15 is 0 Å². The van der Waals surface area contributed by atoms with E-state index in [1.54, 1.807) is 22.3 Å². The molecule has 0 fully saturated rings. The second-order valence-electron chi connectivity index (χ2n) is 8.23. The van der Waals surface area contributed by atoms with Crippen molar-refractivity contribution in [2.24, 2.45) is 0 Å². The lowest BCUT2D eigenvalue weighted by Gasteiger charge is -2.35. The van der Waals surface area contributed by atoms with Gasteiger partial charge in [-0.1, -0.05) is 73.8 Å². The highest BCUT2D eigenvalue weighted by molar-refractivity contribution is 6.81. The Morgan fingerprint density at radius 3 is 2.29 bits per heavy atom. The number of hydrogen-bond donors (Lipinski definition) is 0. The van der Waals surface area contributed by atoms with E-state index in [1.807, 2.05) is 0 Å². The van der Waals surface area contributed by atoms with Crippen LogP contribution < -0.4 is 0 Å². The maximum atomic E-state index is 2.58. The van der Waals surface area contributed by atoms with Crippen LogP contribution in [0.4, 0.5) is 0 Å². The fourth-order valence-electron chi connectivity index (χ4n) is 5.12. The summed E-state index contributed by atoms with van der Waals surface area (Å²) in [7, 11) is -1.55. The van der Waals surface area contributed by atoms with Gasteiger partial charge in [0.2, 0.25) is 0 Å². The number of benzene rings is 2. The third kappa shape index (κ3) is 1.97. The third-order valence-electron chi connectivity index (χ3n) is 6.50. The lowest BCUT2D eigenvalue weighted by Crippen LogP contribution is -2.40. The zero-order chi connectivity index (χ0) is 16.3. The maximum Gasteiger partial charge on any atom is 0.0715 e. The first-order valence-electron chi connectivity index (χ1n) is 9.25. The first kappa shape index (κ1) is 14.5. The molecule has 2 atom stereocenters. The highest BCUT2D eigenvalue weighted by Gasteiger charge is 2.42. The first-order chi connectivity index (χ1) is 11.6. The summed E-state index contributed by atoms with van der Waals surface area (Å²) in [5, 5.41) is 0. The molecular formula is C23H24Si. The smallest absolute Gasteiger partial charge is 0.0715 e. The van der Waals surface area contributed by atoms with Crippen LogP contribution in [0.2, 0.25) is 13.1 Å². The summed E-state index contributed by atoms with van der Waals surface area (Å²) in [6.07, 6.45) is 13.6. The van der Waals surface area contributed by atoms with Crippen molar-refractivity contribution in [1.29, 1.82) is 0 Å². The predicted octanol–water partition coefficient (Wildman–Crippen LogP) is 5.88. The second kappa shape index (κ2) is 5.06. The first-order valence-corrected chi connectivity index (χ1v) is 12.4. The molecule has 0 aliphatic heterocycles. The van der Waals surface area contributed by atoms with Gasteiger partial charge in [-0.2, -0.15) is 0 Å². The Kier molecular flexibility index (Phi) is 3.06. The molecule has 0 bridgehead atoms. The van der Waals surface area contributed by atoms with E-state index in [2.05, 4.69) is 73.8 Å². The maximum absolute atomic E-state index is 2.58. The molecule has 0 N–H and O–H groups in total. The summed E-state index contributed by atoms with van der Waals surface area (Å²) in [4.78, 5) is 0. The fraction of sp³-hybridized carbons (Fsp3) is 0.304. The summed E-state index contributed by atoms with van der Waals surface area (Å²) < 4.78 is 0. The van der Waals surface area contributed by atoms with E-state index in [0.29, 0.717) is 11.1 Å². The number of rotatable bonds is 2. The number of allylic oxidation sites excluding steroid dienone is 2. The molecule has 0 saturated carbocycles. The van der Waals surface area contributed by atoms with Crippen molar-refractivity contribution in [3.8, 4) is 0 Å². The van der Waals surface area contributed by atoms with Crippen LogP contribution in [0.3, 0.4) is 0 Å². The minimum absolute atomic E-state index is 0.627. The van der Waals surface area contributed by atoms with Gasteiger partial charge in [-0.3, -0.25) is 0 Å². The summed E-state index contributed by atoms with van der Waals surface area (Å²) >= 11 is 0. The summed E-state index contributed by atoms with van der Waals surface area (Å²) in [6.45, 7) is 5.17. The van der Waals surface area contributed by atoms with Crippen LogP contribution in [0.15, 0.2) is 48.6 Å². The van der Waals surface area contributed by atoms with Gasteiger partial charge in [0.1, 0.15) is 0 Å². The van der Waals surface area contributed by atoms with Gasteiger partial charge in [0, 0.05) is 0 Å². The van der Waals surface area contributed by atoms with Gasteiger partial charge in [0.15, 0.2) is 0 Å². The SMILES string of the molecule is C[Si](C)(C1C=Cc2ccccc21)C1C=Cc2cc3c(cc21)CCC3. The molecule has 120 valence electrons. The molecule has 0 radical (unpaired) electrons. The van der Waals surface area contributed by atoms with Crippen LogP contribution in [0.1, 0.15) is 50.9 Å². The van der Waals surface area contributed by atoms with Crippen molar-refractivity contribution >= 4 is 20.2 Å². The van der Waals surface area contributed by atoms with E-state index in [1.165, 1.54) is 30.4 Å². The number of hydrogen-bond acceptors (Lipinski definition) is 0. The molecule has 0 aromatic heterocycles. The van der Waals surface area contributed by atoms with Crippen molar-refractivity contribution < 1.29 is 0 Å². The lowest BCUT2D eigenvalue weighted by atomic mass is 10.0. The second-order valence-corrected chi connectivity index (χ2v) is 13.1. The third-order valence-corrected chi connectivity index (χ3v) is 10.7. The summed E-state index contributed by atoms with van der Waals surface area (Å²) in [5.41, 5.74) is 10.6. The van der Waals surface area contributed by atoms with Crippen molar-refractivity contribution in [2.45, 2.75) is 43.4 Å². The Bertz CT molecular complexity index is 885. The zero-order valence-corrected chi connectivity index (χ0v) is 15.5. The quantitative estimate of drug-likeness (QED) is 0.604. The minimum Gasteiger partial charge on any atom is -0.0791 e. The normalized spacial score (nSPS) is 23.4. The van der Waals surface area contributed by atoms with Crippen LogP contribution >= 0.6 is 0 Å². The van der Waals surface area contributed by atoms with E-state index in [9.17, 15) is 0 Å². The molecular weight excluding hydrogens is 304 g/mol. The molecule has 3 aliphatic carbocycles. The molecule has 2 aromatic carbocycles. The highest BCUT2D eigenvalue weighted by Crippen LogP contribution is 2.47. The van der Waals surface area contributed by atoms with Gasteiger partial charge in [0.25, 0.3) is 0 Å². The molecule has 1 heteroatoms. The molecule has 0 heterocycles. The topological polar surface area (TPSA) is 0 Å². The fourth-order valence-corrected chi connectivity index (χ4v) is 8.81. The molecule has 0 nitrogen and oxygen atoms in total. The Morgan fingerprint density at radius 2 is 1.46 bits per heavy atom. The Morgan fingerprint density at radius 1 is 0.792 bits per heavy atom. The van der Waals surface area contributed by atoms with Crippen LogP contribution in [0, 0.1) is 0 Å². The summed E-state index contributed by atoms with van der Waals surface area (Å²) in [6, 6.07) is 14.0. The van der Waals surface area contributed by atoms with Gasteiger partial charge >= 0.3 is 0 Å². The van der Waals surface area contributed by atoms with E-state index < -0.39 is 8.07 Å². The van der Waals surface area contributed by atoms with Crippen molar-refractivity contribution in [3.05, 3.63) is 81.9 Å². The van der Waals surface area contributed by atoms with Gasteiger partial charge in [-0.25, -0.2) is 0 Å². The monoisotopic (exact) mass is 328 g/mol. The highest BCUT2D eigenvalue weighted by atomic mass is 28.3. The molecule has 0 spiro atoms. The van der Waals surface area contributed by atoms with Gasteiger partial charge < -0.3 is 0 Å². The van der Waals surface area contributed by atoms with E-state index in [-0.39, 0.29) is 0 Å². The Hall–Kier alpha value is -1.86. The van der Waals surface area contributed by atoms with Crippen LogP contribution in [0.25, 0.3) is 12.2 Å². The number of aryl methyl sites for hydroxylation is 2. The lowest BCUT2D eigenvalue weighted by molar-refractivity contribution is 0.911. The average Bonchev–Trinajstić information content (AvgIpc) is 3.29. The van der Waals surface area contributed by atoms with E-state index in [4.69, 9.17) is 0 Å². The molecule has 2 unspecified atom stereocenters. The molecule has 0 saturated heterocycles. The number of fused-ring (bicyclic) bond motifs is 3. The van der Waals surface area contributed by atoms with Crippen LogP contribution in [0.5, 0.6) is 0 Å². The van der Waals surface area contributed by atoms with Crippen molar-refractivity contribution in [3.63, 3.8) is 0 Å². The van der Waals surface area contributed by atoms with E-state index in [0.717, 1.165) is 0 Å². The summed E-state index contributed by atoms with van der Waals surface area (Å²) in [5.74, 6) is 0. The van der Waals surface area contributed by atoms with Crippen molar-refractivity contribution in [2.75, 3.05) is 0 Å². The van der Waals surface area contributed by atoms with Crippen molar-refractivity contribution in [1.82, 2.24) is 0 Å².